The summed E-state index contributed by atoms with van der Waals surface area (Å²) in [6, 6.07) is 15.0. The summed E-state index contributed by atoms with van der Waals surface area (Å²) in [6.45, 7) is 4.96. The van der Waals surface area contributed by atoms with Crippen molar-refractivity contribution in [1.82, 2.24) is 14.8 Å². The van der Waals surface area contributed by atoms with Crippen molar-refractivity contribution in [3.05, 3.63) is 65.3 Å². The summed E-state index contributed by atoms with van der Waals surface area (Å²) in [5, 5.41) is 8.42. The van der Waals surface area contributed by atoms with Gasteiger partial charge in [0.1, 0.15) is 13.2 Å². The molecule has 0 spiro atoms. The number of carbonyl (C=O) groups excluding carboxylic acids is 1. The van der Waals surface area contributed by atoms with Crippen molar-refractivity contribution in [3.63, 3.8) is 0 Å². The van der Waals surface area contributed by atoms with E-state index in [0.29, 0.717) is 57.7 Å². The number of rotatable bonds is 4. The summed E-state index contributed by atoms with van der Waals surface area (Å²) < 4.78 is 13.0. The summed E-state index contributed by atoms with van der Waals surface area (Å²) in [7, 11) is 0. The van der Waals surface area contributed by atoms with Gasteiger partial charge in [-0.3, -0.25) is 4.79 Å². The van der Waals surface area contributed by atoms with Gasteiger partial charge >= 0.3 is 0 Å². The number of benzene rings is 2. The molecule has 1 aliphatic rings. The second kappa shape index (κ2) is 8.16. The van der Waals surface area contributed by atoms with Crippen molar-refractivity contribution < 1.29 is 14.3 Å². The van der Waals surface area contributed by atoms with Gasteiger partial charge in [0.2, 0.25) is 0 Å². The summed E-state index contributed by atoms with van der Waals surface area (Å²) in [4.78, 5) is 18.2. The summed E-state index contributed by atoms with van der Waals surface area (Å²) in [5.74, 6) is 0.806. The number of anilines is 1. The Hall–Kier alpha value is -3.58. The van der Waals surface area contributed by atoms with E-state index in [4.69, 9.17) is 26.1 Å². The second-order valence-electron chi connectivity index (χ2n) is 7.77. The summed E-state index contributed by atoms with van der Waals surface area (Å²) >= 11 is 6.40. The minimum atomic E-state index is -0.309. The lowest BCUT2D eigenvalue weighted by atomic mass is 10.1. The van der Waals surface area contributed by atoms with E-state index in [1.54, 1.807) is 24.4 Å². The van der Waals surface area contributed by atoms with Crippen LogP contribution >= 0.6 is 11.6 Å². The van der Waals surface area contributed by atoms with Gasteiger partial charge in [-0.1, -0.05) is 41.9 Å². The third-order valence-electron chi connectivity index (χ3n) is 5.25. The first-order chi connectivity index (χ1) is 15.5. The number of halogens is 1. The van der Waals surface area contributed by atoms with Gasteiger partial charge in [-0.05, 0) is 19.9 Å². The molecule has 1 amide bonds. The zero-order chi connectivity index (χ0) is 22.2. The van der Waals surface area contributed by atoms with Crippen LogP contribution in [0.15, 0.2) is 54.7 Å². The van der Waals surface area contributed by atoms with Crippen LogP contribution in [0.4, 0.5) is 5.69 Å². The number of nitrogens with zero attached hydrogens (tertiary/aromatic N) is 3. The third-order valence-corrected chi connectivity index (χ3v) is 5.56. The van der Waals surface area contributed by atoms with E-state index in [0.717, 1.165) is 5.56 Å². The number of fused-ring (bicyclic) bond motifs is 2. The smallest absolute Gasteiger partial charge is 0.256 e. The van der Waals surface area contributed by atoms with Crippen LogP contribution in [-0.4, -0.2) is 33.9 Å². The Morgan fingerprint density at radius 1 is 1.09 bits per heavy atom. The summed E-state index contributed by atoms with van der Waals surface area (Å²) in [6.07, 6.45) is 1.68. The van der Waals surface area contributed by atoms with E-state index in [1.807, 2.05) is 48.9 Å². The fourth-order valence-corrected chi connectivity index (χ4v) is 3.89. The predicted octanol–water partition coefficient (Wildman–Crippen LogP) is 5.36. The van der Waals surface area contributed by atoms with Crippen molar-refractivity contribution in [2.24, 2.45) is 0 Å². The fraction of sp³-hybridized carbons (Fsp3) is 0.208. The monoisotopic (exact) mass is 448 g/mol. The Balaban J connectivity index is 1.59. The Morgan fingerprint density at radius 2 is 1.81 bits per heavy atom. The van der Waals surface area contributed by atoms with E-state index < -0.39 is 0 Å². The molecule has 0 bridgehead atoms. The topological polar surface area (TPSA) is 78.3 Å². The minimum Gasteiger partial charge on any atom is -0.486 e. The van der Waals surface area contributed by atoms with Crippen molar-refractivity contribution in [3.8, 4) is 22.8 Å². The first-order valence-corrected chi connectivity index (χ1v) is 10.7. The molecule has 4 aromatic rings. The number of carbonyl (C=O) groups is 1. The third kappa shape index (κ3) is 3.65. The van der Waals surface area contributed by atoms with E-state index in [9.17, 15) is 4.79 Å². The van der Waals surface area contributed by atoms with E-state index >= 15 is 0 Å². The molecule has 0 radical (unpaired) electrons. The Bertz CT molecular complexity index is 1320. The van der Waals surface area contributed by atoms with Crippen LogP contribution in [0.2, 0.25) is 5.02 Å². The van der Waals surface area contributed by atoms with Crippen LogP contribution in [0.1, 0.15) is 30.2 Å². The highest BCUT2D eigenvalue weighted by atomic mass is 35.5. The number of amides is 1. The Morgan fingerprint density at radius 3 is 2.53 bits per heavy atom. The molecule has 1 N–H and O–H groups in total. The van der Waals surface area contributed by atoms with Gasteiger partial charge in [0, 0.05) is 23.7 Å². The normalized spacial score (nSPS) is 12.9. The lowest BCUT2D eigenvalue weighted by Crippen LogP contribution is -2.17. The molecule has 1 aliphatic heterocycles. The molecule has 0 fully saturated rings. The van der Waals surface area contributed by atoms with Gasteiger partial charge < -0.3 is 14.8 Å². The molecule has 0 unspecified atom stereocenters. The molecular formula is C24H21ClN4O3. The van der Waals surface area contributed by atoms with Gasteiger partial charge in [-0.15, -0.1) is 0 Å². The first-order valence-electron chi connectivity index (χ1n) is 10.4. The Kier molecular flexibility index (Phi) is 5.19. The van der Waals surface area contributed by atoms with Crippen LogP contribution in [0.25, 0.3) is 22.3 Å². The molecule has 2 aromatic carbocycles. The van der Waals surface area contributed by atoms with E-state index in [-0.39, 0.29) is 11.9 Å². The standard InChI is InChI=1S/C24H21ClN4O3/c1-14(2)29-23-17(13-26-29)16(10-19(27-23)15-6-4-3-5-7-15)24(30)28-20-12-22-21(11-18(20)25)31-8-9-32-22/h3-7,10-14H,8-9H2,1-2H3,(H,28,30). The van der Waals surface area contributed by atoms with Crippen LogP contribution in [0.3, 0.4) is 0 Å². The van der Waals surface area contributed by atoms with Crippen molar-refractivity contribution in [2.45, 2.75) is 19.9 Å². The molecule has 3 heterocycles. The molecule has 0 saturated carbocycles. The molecule has 7 nitrogen and oxygen atoms in total. The summed E-state index contributed by atoms with van der Waals surface area (Å²) in [5.41, 5.74) is 3.17. The van der Waals surface area contributed by atoms with Crippen molar-refractivity contribution in [1.29, 1.82) is 0 Å². The van der Waals surface area contributed by atoms with Gasteiger partial charge in [-0.25, -0.2) is 9.67 Å². The van der Waals surface area contributed by atoms with Crippen molar-refractivity contribution >= 4 is 34.2 Å². The second-order valence-corrected chi connectivity index (χ2v) is 8.18. The molecule has 8 heteroatoms. The fourth-order valence-electron chi connectivity index (χ4n) is 3.69. The highest BCUT2D eigenvalue weighted by Crippen LogP contribution is 2.38. The number of ether oxygens (including phenoxy) is 2. The molecule has 162 valence electrons. The lowest BCUT2D eigenvalue weighted by molar-refractivity contribution is 0.102. The molecular weight excluding hydrogens is 428 g/mol. The highest BCUT2D eigenvalue weighted by molar-refractivity contribution is 6.34. The number of hydrogen-bond acceptors (Lipinski definition) is 5. The highest BCUT2D eigenvalue weighted by Gasteiger charge is 2.21. The van der Waals surface area contributed by atoms with Crippen molar-refractivity contribution in [2.75, 3.05) is 18.5 Å². The minimum absolute atomic E-state index is 0.0918. The number of nitrogens with one attached hydrogen (secondary N) is 1. The Labute approximate surface area is 189 Å². The number of pyridine rings is 1. The van der Waals surface area contributed by atoms with Crippen LogP contribution in [-0.2, 0) is 0 Å². The van der Waals surface area contributed by atoms with E-state index in [1.165, 1.54) is 0 Å². The largest absolute Gasteiger partial charge is 0.486 e. The molecule has 0 atom stereocenters. The van der Waals surface area contributed by atoms with Gasteiger partial charge in [0.15, 0.2) is 17.1 Å². The zero-order valence-corrected chi connectivity index (χ0v) is 18.4. The SMILES string of the molecule is CC(C)n1ncc2c(C(=O)Nc3cc4c(cc3Cl)OCCO4)cc(-c3ccccc3)nc21. The van der Waals surface area contributed by atoms with Gasteiger partial charge in [-0.2, -0.15) is 5.10 Å². The maximum absolute atomic E-state index is 13.4. The maximum Gasteiger partial charge on any atom is 0.256 e. The molecule has 2 aromatic heterocycles. The number of hydrogen-bond donors (Lipinski definition) is 1. The molecule has 32 heavy (non-hydrogen) atoms. The van der Waals surface area contributed by atoms with Crippen LogP contribution in [0, 0.1) is 0 Å². The average Bonchev–Trinajstić information content (AvgIpc) is 3.24. The van der Waals surface area contributed by atoms with Gasteiger partial charge in [0.25, 0.3) is 5.91 Å². The lowest BCUT2D eigenvalue weighted by Gasteiger charge is -2.20. The van der Waals surface area contributed by atoms with Gasteiger partial charge in [0.05, 0.1) is 33.6 Å². The van der Waals surface area contributed by atoms with Crippen LogP contribution in [0.5, 0.6) is 11.5 Å². The zero-order valence-electron chi connectivity index (χ0n) is 17.6. The number of aromatic nitrogens is 3. The first kappa shape index (κ1) is 20.3. The molecule has 0 aliphatic carbocycles. The van der Waals surface area contributed by atoms with E-state index in [2.05, 4.69) is 10.4 Å². The maximum atomic E-state index is 13.4. The quantitative estimate of drug-likeness (QED) is 0.455. The molecule has 5 rings (SSSR count). The van der Waals surface area contributed by atoms with Crippen LogP contribution < -0.4 is 14.8 Å². The molecule has 0 saturated heterocycles. The average molecular weight is 449 g/mol. The predicted molar refractivity (Wildman–Crippen MR) is 124 cm³/mol.